The predicted molar refractivity (Wildman–Crippen MR) is 509 cm³/mol. The van der Waals surface area contributed by atoms with Crippen molar-refractivity contribution in [3.05, 3.63) is 197 Å². The van der Waals surface area contributed by atoms with E-state index < -0.39 is 40.6 Å². The summed E-state index contributed by atoms with van der Waals surface area (Å²) in [6.07, 6.45) is 29.7. The van der Waals surface area contributed by atoms with Gasteiger partial charge in [-0.25, -0.2) is 19.2 Å². The monoisotopic (exact) mass is 1860 g/mol. The van der Waals surface area contributed by atoms with Gasteiger partial charge in [0.25, 0.3) is 0 Å². The summed E-state index contributed by atoms with van der Waals surface area (Å²) in [4.78, 5) is 83.8. The number of likely N-dealkylation sites (tertiary alicyclic amines) is 5. The zero-order valence-corrected chi connectivity index (χ0v) is 79.8. The number of rotatable bonds is 19. The van der Waals surface area contributed by atoms with Crippen LogP contribution < -0.4 is 21.1 Å². The number of furan rings is 4. The number of aliphatic hydroxyl groups is 1. The Morgan fingerprint density at radius 2 is 0.819 bits per heavy atom. The number of fused-ring (bicyclic) bond motifs is 4. The second-order valence-electron chi connectivity index (χ2n) is 38.4. The fourth-order valence-corrected chi connectivity index (χ4v) is 17.4. The number of carbonyl (C=O) groups excluding carboxylic acids is 6. The maximum Gasteiger partial charge on any atom is 0.410 e. The Morgan fingerprint density at radius 1 is 0.457 bits per heavy atom. The number of halogens is 1. The third-order valence-electron chi connectivity index (χ3n) is 23.0. The molecule has 6 amide bonds. The quantitative estimate of drug-likeness (QED) is 0.0332. The first-order chi connectivity index (χ1) is 60.4. The van der Waals surface area contributed by atoms with E-state index in [9.17, 15) is 28.8 Å². The molecular formula is C102H139IN8O16. The van der Waals surface area contributed by atoms with Crippen molar-refractivity contribution in [3.63, 3.8) is 0 Å². The molecule has 25 heteroatoms. The summed E-state index contributed by atoms with van der Waals surface area (Å²) in [6.45, 7) is 35.7. The van der Waals surface area contributed by atoms with Crippen LogP contribution in [0.3, 0.4) is 0 Å². The summed E-state index contributed by atoms with van der Waals surface area (Å²) in [5.74, 6) is 1.06. The number of hydrogen-bond acceptors (Lipinski definition) is 18. The second-order valence-corrected chi connectivity index (χ2v) is 39.6. The predicted octanol–water partition coefficient (Wildman–Crippen LogP) is 21.1. The van der Waals surface area contributed by atoms with Crippen LogP contribution in [0.4, 0.5) is 19.2 Å². The SMILES string of the molecule is CC(C)(C)OC(=O)N1CCC[C@H]1/C=C/CO.CC(C)(C)OC(=O)N1CCC[C@H]1/C=C/COc1ccccc1I.CC(C)(C)OC(=O)N1CCC[C@H]1Cc1coc2ccccc12.CC(C)[C@H](N)C(=O)N1CCC[C@H]1Cc1coc2ccccc12.CC(C)[C@H](NC(=O)OC(C)(C)C)C(=O)N1CCC[C@H]1Cc1coc2ccccc12.c1ccc2c(C[C@@H]3CCCN3)coc2c1. The highest BCUT2D eigenvalue weighted by Gasteiger charge is 2.39. The molecule has 8 atom stereocenters. The molecule has 6 fully saturated rings. The van der Waals surface area contributed by atoms with E-state index in [1.165, 1.54) is 35.9 Å². The summed E-state index contributed by atoms with van der Waals surface area (Å²) < 4.78 is 50.9. The summed E-state index contributed by atoms with van der Waals surface area (Å²) in [5.41, 5.74) is 12.6. The Hall–Kier alpha value is -9.83. The van der Waals surface area contributed by atoms with E-state index in [0.717, 1.165) is 175 Å². The molecule has 0 bridgehead atoms. The number of aliphatic hydroxyl groups excluding tert-OH is 1. The van der Waals surface area contributed by atoms with Crippen LogP contribution in [0.1, 0.15) is 210 Å². The van der Waals surface area contributed by atoms with Crippen molar-refractivity contribution in [2.75, 3.05) is 52.5 Å². The van der Waals surface area contributed by atoms with Gasteiger partial charge in [-0.05, 0) is 275 Å². The van der Waals surface area contributed by atoms with E-state index in [0.29, 0.717) is 19.2 Å². The van der Waals surface area contributed by atoms with Crippen LogP contribution in [0.25, 0.3) is 43.9 Å². The number of carbonyl (C=O) groups is 6. The highest BCUT2D eigenvalue weighted by Crippen LogP contribution is 2.34. The average Bonchev–Trinajstić information content (AvgIpc) is 1.71. The number of nitrogens with two attached hydrogens (primary N) is 1. The number of amides is 6. The van der Waals surface area contributed by atoms with Crippen molar-refractivity contribution in [2.45, 2.75) is 284 Å². The van der Waals surface area contributed by atoms with Crippen LogP contribution in [0.15, 0.2) is 188 Å². The van der Waals surface area contributed by atoms with Crippen molar-refractivity contribution >= 4 is 103 Å². The molecule has 15 rings (SSSR count). The molecular weight excluding hydrogens is 1720 g/mol. The van der Waals surface area contributed by atoms with Gasteiger partial charge in [0.1, 0.15) is 63.1 Å². The first kappa shape index (κ1) is 99.3. The molecule has 0 aliphatic carbocycles. The van der Waals surface area contributed by atoms with Crippen LogP contribution in [0.5, 0.6) is 5.75 Å². The summed E-state index contributed by atoms with van der Waals surface area (Å²) in [5, 5.41) is 19.7. The van der Waals surface area contributed by atoms with Crippen LogP contribution >= 0.6 is 22.6 Å². The van der Waals surface area contributed by atoms with E-state index in [1.54, 1.807) is 22.1 Å². The van der Waals surface area contributed by atoms with E-state index >= 15 is 0 Å². The van der Waals surface area contributed by atoms with Gasteiger partial charge in [0, 0.05) is 95.1 Å². The van der Waals surface area contributed by atoms with Crippen LogP contribution in [0.2, 0.25) is 0 Å². The molecule has 0 spiro atoms. The number of ether oxygens (including phenoxy) is 5. The van der Waals surface area contributed by atoms with E-state index in [-0.39, 0.29) is 78.7 Å². The maximum atomic E-state index is 13.3. The lowest BCUT2D eigenvalue weighted by Gasteiger charge is -2.31. The number of hydrogen-bond donors (Lipinski definition) is 4. The summed E-state index contributed by atoms with van der Waals surface area (Å²) in [7, 11) is 0. The van der Waals surface area contributed by atoms with E-state index in [2.05, 4.69) is 63.6 Å². The molecule has 5 N–H and O–H groups in total. The smallest absolute Gasteiger partial charge is 0.410 e. The molecule has 690 valence electrons. The Labute approximate surface area is 764 Å². The van der Waals surface area contributed by atoms with Crippen LogP contribution in [-0.4, -0.2) is 189 Å². The molecule has 4 aromatic heterocycles. The minimum Gasteiger partial charge on any atom is -0.488 e. The lowest BCUT2D eigenvalue weighted by Crippen LogP contribution is -2.53. The maximum absolute atomic E-state index is 13.3. The van der Waals surface area contributed by atoms with Gasteiger partial charge in [-0.15, -0.1) is 0 Å². The fraction of sp³-hybridized carbons (Fsp3) is 0.529. The molecule has 10 heterocycles. The molecule has 0 radical (unpaired) electrons. The first-order valence-corrected chi connectivity index (χ1v) is 46.7. The van der Waals surface area contributed by atoms with Gasteiger partial charge in [-0.2, -0.15) is 0 Å². The highest BCUT2D eigenvalue weighted by molar-refractivity contribution is 14.1. The number of para-hydroxylation sites is 5. The van der Waals surface area contributed by atoms with Crippen molar-refractivity contribution in [1.82, 2.24) is 35.1 Å². The largest absolute Gasteiger partial charge is 0.488 e. The zero-order valence-electron chi connectivity index (χ0n) is 77.7. The normalized spacial score (nSPS) is 19.5. The third kappa shape index (κ3) is 29.9. The standard InChI is InChI=1S/C23H32N2O4.C18H24INO3.C18H24N2O2.C18H23NO3.C13H15NO.C12H21NO3/c1-15(2)20(24-22(27)29-23(3,4)5)21(26)25-12-8-9-17(25)13-16-14-28-19-11-7-6-10-18(16)19;1-18(2,3)23-17(21)20-12-6-8-14(20)9-7-13-22-16-11-5-4-10-15(16)19;1-12(2)17(19)18(21)20-9-5-6-14(20)10-13-11-22-16-8-4-3-7-15(13)16;1-18(2,3)22-17(20)19-10-6-7-14(19)11-13-12-21-16-9-5-4-8-15(13)16;1-2-6-13-12(5-1)10(9-15-13)8-11-4-3-7-14-11;1-12(2,3)16-11(15)13-8-4-6-10(13)7-5-9-14/h6-7,10-11,14-15,17,20H,8-9,12-13H2,1-5H3,(H,24,27);4-5,7,9-11,14H,6,8,12-13H2,1-3H3;3-4,7-8,11-12,14,17H,5-6,9-10,19H2,1-2H3;4-5,8-9,12,14H,6-7,10-11H2,1-3H3;1-2,5-6,9,11,14H,3-4,7-8H2;5,7,10,14H,4,6,8-9H2,1-3H3/b;9-7+;;;;7-5+/t17-,20-;14-;14-,17-;14-;11-;10-/m000000/s1. The molecule has 6 aliphatic rings. The van der Waals surface area contributed by atoms with Crippen molar-refractivity contribution in [2.24, 2.45) is 17.6 Å². The molecule has 6 aliphatic heterocycles. The minimum atomic E-state index is -0.605. The molecule has 9 aromatic rings. The van der Waals surface area contributed by atoms with Gasteiger partial charge >= 0.3 is 24.4 Å². The summed E-state index contributed by atoms with van der Waals surface area (Å²) >= 11 is 2.26. The Bertz CT molecular complexity index is 5070. The topological polar surface area (TPSA) is 288 Å². The van der Waals surface area contributed by atoms with Gasteiger partial charge in [0.2, 0.25) is 11.8 Å². The Balaban J connectivity index is 0.000000161. The molecule has 0 unspecified atom stereocenters. The number of nitrogens with zero attached hydrogens (tertiary/aromatic N) is 5. The number of benzene rings is 5. The van der Waals surface area contributed by atoms with Gasteiger partial charge in [-0.3, -0.25) is 9.59 Å². The molecule has 127 heavy (non-hydrogen) atoms. The second kappa shape index (κ2) is 46.4. The van der Waals surface area contributed by atoms with Gasteiger partial charge in [-0.1, -0.05) is 131 Å². The van der Waals surface area contributed by atoms with Crippen molar-refractivity contribution < 1.29 is 75.2 Å². The summed E-state index contributed by atoms with van der Waals surface area (Å²) in [6, 6.07) is 40.6. The minimum absolute atomic E-state index is 0.0126. The lowest BCUT2D eigenvalue weighted by atomic mass is 10.00. The fourth-order valence-electron chi connectivity index (χ4n) is 16.8. The molecule has 0 saturated carbocycles. The molecule has 24 nitrogen and oxygen atoms in total. The average molecular weight is 1860 g/mol. The van der Waals surface area contributed by atoms with Gasteiger partial charge < -0.3 is 87.3 Å². The van der Waals surface area contributed by atoms with Crippen molar-refractivity contribution in [1.29, 1.82) is 0 Å². The number of nitrogens with one attached hydrogen (secondary N) is 2. The zero-order chi connectivity index (χ0) is 91.8. The van der Waals surface area contributed by atoms with Crippen LogP contribution in [0, 0.1) is 15.4 Å². The number of alkyl carbamates (subject to hydrolysis) is 1. The molecule has 5 aromatic carbocycles. The highest BCUT2D eigenvalue weighted by atomic mass is 127. The van der Waals surface area contributed by atoms with Gasteiger partial charge in [0.15, 0.2) is 0 Å². The molecule has 6 saturated heterocycles. The Morgan fingerprint density at radius 3 is 1.21 bits per heavy atom. The van der Waals surface area contributed by atoms with E-state index in [4.69, 9.17) is 52.2 Å². The van der Waals surface area contributed by atoms with E-state index in [1.807, 2.05) is 253 Å². The first-order valence-electron chi connectivity index (χ1n) is 45.6. The Kier molecular flexibility index (Phi) is 36.3. The third-order valence-corrected chi connectivity index (χ3v) is 23.9. The van der Waals surface area contributed by atoms with Gasteiger partial charge in [0.05, 0.1) is 53.4 Å². The lowest BCUT2D eigenvalue weighted by molar-refractivity contribution is -0.135. The van der Waals surface area contributed by atoms with Crippen molar-refractivity contribution in [3.8, 4) is 5.75 Å². The van der Waals surface area contributed by atoms with Crippen LogP contribution in [-0.2, 0) is 54.2 Å².